The Balaban J connectivity index is 0.00000196. The standard InChI is InChI=1S/C19H27N5O2.2ClH/c1-20-18(15-11-22-23(2)13-15)19(25)21-10-14-7-8-24(12-14)16-5-4-6-17(9-16)26-3;;/h4-6,9,11,13-14,18,20H,7-8,10,12H2,1-3H3,(H,21,25);2*1H. The molecule has 1 fully saturated rings. The molecule has 28 heavy (non-hydrogen) atoms. The third-order valence-corrected chi connectivity index (χ3v) is 4.88. The average molecular weight is 430 g/mol. The van der Waals surface area contributed by atoms with Crippen LogP contribution in [-0.2, 0) is 11.8 Å². The molecule has 2 atom stereocenters. The van der Waals surface area contributed by atoms with Gasteiger partial charge in [-0.05, 0) is 31.5 Å². The second kappa shape index (κ2) is 11.1. The Kier molecular flexibility index (Phi) is 9.58. The number of carbonyl (C=O) groups excluding carboxylic acids is 1. The molecular formula is C19H29Cl2N5O2. The highest BCUT2D eigenvalue weighted by Crippen LogP contribution is 2.26. The second-order valence-electron chi connectivity index (χ2n) is 6.72. The minimum absolute atomic E-state index is 0. The Bertz CT molecular complexity index is 755. The van der Waals surface area contributed by atoms with Crippen molar-refractivity contribution in [2.75, 3.05) is 38.7 Å². The fourth-order valence-electron chi connectivity index (χ4n) is 3.43. The van der Waals surface area contributed by atoms with E-state index in [-0.39, 0.29) is 36.8 Å². The number of carbonyl (C=O) groups is 1. The third kappa shape index (κ3) is 5.77. The van der Waals surface area contributed by atoms with Gasteiger partial charge in [-0.1, -0.05) is 6.07 Å². The summed E-state index contributed by atoms with van der Waals surface area (Å²) in [6, 6.07) is 7.74. The van der Waals surface area contributed by atoms with Crippen LogP contribution in [0.5, 0.6) is 5.75 Å². The normalized spacial score (nSPS) is 16.7. The van der Waals surface area contributed by atoms with Crippen LogP contribution in [0, 0.1) is 5.92 Å². The molecule has 1 aromatic carbocycles. The fourth-order valence-corrected chi connectivity index (χ4v) is 3.43. The number of anilines is 1. The molecule has 1 aliphatic rings. The highest BCUT2D eigenvalue weighted by Gasteiger charge is 2.25. The Labute approximate surface area is 178 Å². The number of hydrogen-bond donors (Lipinski definition) is 2. The van der Waals surface area contributed by atoms with E-state index in [0.717, 1.165) is 30.8 Å². The lowest BCUT2D eigenvalue weighted by atomic mass is 10.1. The number of benzene rings is 1. The highest BCUT2D eigenvalue weighted by molar-refractivity contribution is 5.85. The molecule has 1 amide bonds. The molecule has 0 saturated carbocycles. The van der Waals surface area contributed by atoms with E-state index in [1.165, 1.54) is 5.69 Å². The van der Waals surface area contributed by atoms with Crippen LogP contribution in [0.15, 0.2) is 36.7 Å². The lowest BCUT2D eigenvalue weighted by molar-refractivity contribution is -0.123. The van der Waals surface area contributed by atoms with Crippen molar-refractivity contribution >= 4 is 36.4 Å². The molecule has 0 aliphatic carbocycles. The van der Waals surface area contributed by atoms with E-state index >= 15 is 0 Å². The van der Waals surface area contributed by atoms with E-state index in [2.05, 4.69) is 32.8 Å². The number of aromatic nitrogens is 2. The zero-order chi connectivity index (χ0) is 18.5. The molecule has 2 unspecified atom stereocenters. The summed E-state index contributed by atoms with van der Waals surface area (Å²) in [5.41, 5.74) is 2.04. The van der Waals surface area contributed by atoms with Gasteiger partial charge in [-0.25, -0.2) is 0 Å². The number of hydrogen-bond acceptors (Lipinski definition) is 5. The van der Waals surface area contributed by atoms with Crippen molar-refractivity contribution in [1.82, 2.24) is 20.4 Å². The van der Waals surface area contributed by atoms with E-state index in [1.54, 1.807) is 25.0 Å². The monoisotopic (exact) mass is 429 g/mol. The number of nitrogens with zero attached hydrogens (tertiary/aromatic N) is 3. The first-order valence-electron chi connectivity index (χ1n) is 8.93. The Morgan fingerprint density at radius 1 is 1.39 bits per heavy atom. The summed E-state index contributed by atoms with van der Waals surface area (Å²) in [4.78, 5) is 14.9. The van der Waals surface area contributed by atoms with Gasteiger partial charge in [0.15, 0.2) is 0 Å². The third-order valence-electron chi connectivity index (χ3n) is 4.88. The number of methoxy groups -OCH3 is 1. The quantitative estimate of drug-likeness (QED) is 0.705. The van der Waals surface area contributed by atoms with E-state index in [4.69, 9.17) is 4.74 Å². The molecule has 3 rings (SSSR count). The number of aryl methyl sites for hydroxylation is 1. The van der Waals surface area contributed by atoms with E-state index < -0.39 is 0 Å². The van der Waals surface area contributed by atoms with Crippen LogP contribution < -0.4 is 20.3 Å². The minimum atomic E-state index is -0.375. The lowest BCUT2D eigenvalue weighted by Gasteiger charge is -2.20. The summed E-state index contributed by atoms with van der Waals surface area (Å²) in [6.07, 6.45) is 4.65. The molecule has 9 heteroatoms. The lowest BCUT2D eigenvalue weighted by Crippen LogP contribution is -2.38. The predicted octanol–water partition coefficient (Wildman–Crippen LogP) is 2.18. The molecule has 0 bridgehead atoms. The molecular weight excluding hydrogens is 401 g/mol. The summed E-state index contributed by atoms with van der Waals surface area (Å²) < 4.78 is 7.01. The number of halogens is 2. The maximum Gasteiger partial charge on any atom is 0.241 e. The minimum Gasteiger partial charge on any atom is -0.497 e. The topological polar surface area (TPSA) is 71.4 Å². The zero-order valence-electron chi connectivity index (χ0n) is 16.4. The SMILES string of the molecule is CNC(C(=O)NCC1CCN(c2cccc(OC)c2)C1)c1cnn(C)c1.Cl.Cl. The van der Waals surface area contributed by atoms with Crippen molar-refractivity contribution in [3.63, 3.8) is 0 Å². The summed E-state index contributed by atoms with van der Waals surface area (Å²) in [6.45, 7) is 2.61. The van der Waals surface area contributed by atoms with Crippen LogP contribution in [0.2, 0.25) is 0 Å². The Morgan fingerprint density at radius 3 is 2.82 bits per heavy atom. The first kappa shape index (κ1) is 24.1. The Morgan fingerprint density at radius 2 is 2.18 bits per heavy atom. The summed E-state index contributed by atoms with van der Waals surface area (Å²) >= 11 is 0. The number of likely N-dealkylation sites (N-methyl/N-ethyl adjacent to an activating group) is 1. The van der Waals surface area contributed by atoms with Crippen molar-refractivity contribution in [3.05, 3.63) is 42.2 Å². The smallest absolute Gasteiger partial charge is 0.241 e. The van der Waals surface area contributed by atoms with Crippen LogP contribution in [-0.4, -0.2) is 49.5 Å². The van der Waals surface area contributed by atoms with Crippen molar-refractivity contribution < 1.29 is 9.53 Å². The number of nitrogens with one attached hydrogen (secondary N) is 2. The number of rotatable bonds is 7. The van der Waals surface area contributed by atoms with E-state index in [0.29, 0.717) is 12.5 Å². The van der Waals surface area contributed by atoms with Gasteiger partial charge in [0.05, 0.1) is 13.3 Å². The van der Waals surface area contributed by atoms with Crippen molar-refractivity contribution in [2.24, 2.45) is 13.0 Å². The highest BCUT2D eigenvalue weighted by atomic mass is 35.5. The van der Waals surface area contributed by atoms with E-state index in [9.17, 15) is 4.79 Å². The van der Waals surface area contributed by atoms with Gasteiger partial charge in [0.25, 0.3) is 0 Å². The molecule has 0 spiro atoms. The molecule has 156 valence electrons. The summed E-state index contributed by atoms with van der Waals surface area (Å²) in [7, 11) is 5.32. The molecule has 0 radical (unpaired) electrons. The van der Waals surface area contributed by atoms with E-state index in [1.807, 2.05) is 25.4 Å². The molecule has 2 N–H and O–H groups in total. The van der Waals surface area contributed by atoms with Crippen LogP contribution in [0.25, 0.3) is 0 Å². The molecule has 2 heterocycles. The summed E-state index contributed by atoms with van der Waals surface area (Å²) in [5.74, 6) is 1.30. The van der Waals surface area contributed by atoms with Gasteiger partial charge in [-0.3, -0.25) is 9.48 Å². The predicted molar refractivity (Wildman–Crippen MR) is 116 cm³/mol. The van der Waals surface area contributed by atoms with Gasteiger partial charge in [-0.2, -0.15) is 5.10 Å². The first-order chi connectivity index (χ1) is 12.6. The van der Waals surface area contributed by atoms with Crippen molar-refractivity contribution in [3.8, 4) is 5.75 Å². The molecule has 7 nitrogen and oxygen atoms in total. The molecule has 1 aromatic heterocycles. The van der Waals surface area contributed by atoms with Gasteiger partial charge in [-0.15, -0.1) is 24.8 Å². The zero-order valence-corrected chi connectivity index (χ0v) is 18.1. The van der Waals surface area contributed by atoms with Crippen LogP contribution in [0.4, 0.5) is 5.69 Å². The Hall–Kier alpha value is -1.96. The van der Waals surface area contributed by atoms with Gasteiger partial charge >= 0.3 is 0 Å². The van der Waals surface area contributed by atoms with Crippen LogP contribution >= 0.6 is 24.8 Å². The van der Waals surface area contributed by atoms with Crippen molar-refractivity contribution in [1.29, 1.82) is 0 Å². The van der Waals surface area contributed by atoms with Crippen LogP contribution in [0.3, 0.4) is 0 Å². The number of ether oxygens (including phenoxy) is 1. The van der Waals surface area contributed by atoms with Gasteiger partial charge in [0.1, 0.15) is 11.8 Å². The maximum absolute atomic E-state index is 12.5. The second-order valence-corrected chi connectivity index (χ2v) is 6.72. The molecule has 1 aliphatic heterocycles. The van der Waals surface area contributed by atoms with Crippen LogP contribution in [0.1, 0.15) is 18.0 Å². The van der Waals surface area contributed by atoms with Gasteiger partial charge in [0, 0.05) is 50.2 Å². The van der Waals surface area contributed by atoms with Gasteiger partial charge in [0.2, 0.25) is 5.91 Å². The molecule has 2 aromatic rings. The van der Waals surface area contributed by atoms with Gasteiger partial charge < -0.3 is 20.3 Å². The number of amides is 1. The van der Waals surface area contributed by atoms with Crippen molar-refractivity contribution in [2.45, 2.75) is 12.5 Å². The largest absolute Gasteiger partial charge is 0.497 e. The maximum atomic E-state index is 12.5. The summed E-state index contributed by atoms with van der Waals surface area (Å²) in [5, 5.41) is 10.3. The fraction of sp³-hybridized carbons (Fsp3) is 0.474. The first-order valence-corrected chi connectivity index (χ1v) is 8.93. The average Bonchev–Trinajstić information content (AvgIpc) is 3.30. The molecule has 1 saturated heterocycles.